The number of hydroxylamine groups is 1. The van der Waals surface area contributed by atoms with Gasteiger partial charge in [-0.15, -0.1) is 0 Å². The number of aromatic nitrogens is 2. The lowest BCUT2D eigenvalue weighted by molar-refractivity contribution is -0.0258. The second-order valence-electron chi connectivity index (χ2n) is 6.28. The highest BCUT2D eigenvalue weighted by Gasteiger charge is 2.22. The molecule has 152 valence electrons. The fourth-order valence-corrected chi connectivity index (χ4v) is 3.79. The van der Waals surface area contributed by atoms with Gasteiger partial charge in [-0.1, -0.05) is 34.8 Å². The van der Waals surface area contributed by atoms with Gasteiger partial charge in [0.05, 0.1) is 18.6 Å². The number of rotatable bonds is 8. The average molecular weight is 414 g/mol. The van der Waals surface area contributed by atoms with E-state index < -0.39 is 10.0 Å². The van der Waals surface area contributed by atoms with Crippen LogP contribution in [0.3, 0.4) is 0 Å². The van der Waals surface area contributed by atoms with Gasteiger partial charge in [-0.2, -0.15) is 5.10 Å². The monoisotopic (exact) mass is 414 g/mol. The molecule has 29 heavy (non-hydrogen) atoms. The summed E-state index contributed by atoms with van der Waals surface area (Å²) < 4.78 is 27.3. The van der Waals surface area contributed by atoms with Gasteiger partial charge in [0.2, 0.25) is 0 Å². The Bertz CT molecular complexity index is 1080. The molecule has 2 aromatic carbocycles. The number of nitrogens with zero attached hydrogens (tertiary/aromatic N) is 3. The van der Waals surface area contributed by atoms with Crippen LogP contribution in [0.4, 0.5) is 0 Å². The molecule has 0 atom stereocenters. The Morgan fingerprint density at radius 3 is 2.59 bits per heavy atom. The van der Waals surface area contributed by atoms with Crippen molar-refractivity contribution in [1.82, 2.24) is 19.6 Å². The van der Waals surface area contributed by atoms with Crippen molar-refractivity contribution in [3.8, 4) is 0 Å². The number of nitrogens with one attached hydrogen (secondary N) is 1. The van der Waals surface area contributed by atoms with Crippen LogP contribution in [0.1, 0.15) is 21.5 Å². The molecule has 0 saturated carbocycles. The van der Waals surface area contributed by atoms with Gasteiger partial charge >= 0.3 is 0 Å². The predicted molar refractivity (Wildman–Crippen MR) is 107 cm³/mol. The summed E-state index contributed by atoms with van der Waals surface area (Å²) in [6, 6.07) is 15.5. The van der Waals surface area contributed by atoms with E-state index in [1.54, 1.807) is 16.9 Å². The zero-order chi connectivity index (χ0) is 20.9. The summed E-state index contributed by atoms with van der Waals surface area (Å²) in [5, 5.41) is 7.06. The third kappa shape index (κ3) is 4.89. The largest absolute Gasteiger partial charge is 0.348 e. The molecule has 0 aliphatic carbocycles. The molecule has 0 aliphatic heterocycles. The van der Waals surface area contributed by atoms with Crippen molar-refractivity contribution in [3.05, 3.63) is 83.7 Å². The first-order valence-corrected chi connectivity index (χ1v) is 10.3. The third-order valence-electron chi connectivity index (χ3n) is 4.44. The molecule has 0 bridgehead atoms. The molecule has 1 amide bonds. The van der Waals surface area contributed by atoms with Crippen LogP contribution < -0.4 is 5.32 Å². The molecule has 0 saturated heterocycles. The second kappa shape index (κ2) is 8.99. The third-order valence-corrected chi connectivity index (χ3v) is 6.11. The van der Waals surface area contributed by atoms with Crippen LogP contribution in [0, 0.1) is 0 Å². The zero-order valence-corrected chi connectivity index (χ0v) is 17.0. The summed E-state index contributed by atoms with van der Waals surface area (Å²) in [4.78, 5) is 17.3. The van der Waals surface area contributed by atoms with Gasteiger partial charge in [0.1, 0.15) is 0 Å². The smallest absolute Gasteiger partial charge is 0.264 e. The van der Waals surface area contributed by atoms with Crippen molar-refractivity contribution in [2.45, 2.75) is 18.0 Å². The number of benzene rings is 2. The first kappa shape index (κ1) is 20.7. The lowest BCUT2D eigenvalue weighted by atomic mass is 10.1. The average Bonchev–Trinajstić information content (AvgIpc) is 3.25. The van der Waals surface area contributed by atoms with E-state index in [0.717, 1.165) is 15.6 Å². The Kier molecular flexibility index (Phi) is 6.42. The minimum absolute atomic E-state index is 0.0198. The molecule has 0 aliphatic rings. The van der Waals surface area contributed by atoms with Gasteiger partial charge in [0.15, 0.2) is 0 Å². The van der Waals surface area contributed by atoms with Crippen LogP contribution >= 0.6 is 0 Å². The van der Waals surface area contributed by atoms with Gasteiger partial charge in [0.25, 0.3) is 15.9 Å². The molecule has 3 rings (SSSR count). The van der Waals surface area contributed by atoms with Crippen LogP contribution in [0.15, 0.2) is 71.9 Å². The second-order valence-corrected chi connectivity index (χ2v) is 8.22. The first-order chi connectivity index (χ1) is 13.9. The van der Waals surface area contributed by atoms with E-state index in [4.69, 9.17) is 4.84 Å². The molecule has 1 N–H and O–H groups in total. The van der Waals surface area contributed by atoms with E-state index in [1.807, 2.05) is 36.5 Å². The van der Waals surface area contributed by atoms with Crippen LogP contribution in [0.25, 0.3) is 0 Å². The van der Waals surface area contributed by atoms with Crippen molar-refractivity contribution in [3.63, 3.8) is 0 Å². The number of hydrogen-bond donors (Lipinski definition) is 1. The fraction of sp³-hybridized carbons (Fsp3) is 0.200. The molecule has 0 unspecified atom stereocenters. The highest BCUT2D eigenvalue weighted by atomic mass is 32.2. The maximum absolute atomic E-state index is 12.6. The van der Waals surface area contributed by atoms with Crippen LogP contribution in [0.2, 0.25) is 0 Å². The molecule has 9 heteroatoms. The Morgan fingerprint density at radius 1 is 1.14 bits per heavy atom. The Morgan fingerprint density at radius 2 is 1.90 bits per heavy atom. The van der Waals surface area contributed by atoms with E-state index >= 15 is 0 Å². The van der Waals surface area contributed by atoms with Crippen LogP contribution in [-0.4, -0.2) is 42.7 Å². The van der Waals surface area contributed by atoms with Gasteiger partial charge in [-0.05, 0) is 35.4 Å². The number of carbonyl (C=O) groups excluding carboxylic acids is 1. The maximum atomic E-state index is 12.6. The minimum atomic E-state index is -3.83. The Hall–Kier alpha value is -3.01. The Labute approximate surface area is 169 Å². The zero-order valence-electron chi connectivity index (χ0n) is 16.1. The molecule has 1 aromatic heterocycles. The highest BCUT2D eigenvalue weighted by Crippen LogP contribution is 2.16. The van der Waals surface area contributed by atoms with Crippen molar-refractivity contribution in [2.24, 2.45) is 0 Å². The molecular formula is C20H22N4O4S. The number of carbonyl (C=O) groups is 1. The van der Waals surface area contributed by atoms with E-state index in [-0.39, 0.29) is 16.4 Å². The summed E-state index contributed by atoms with van der Waals surface area (Å²) >= 11 is 0. The summed E-state index contributed by atoms with van der Waals surface area (Å²) in [5.41, 5.74) is 2.24. The maximum Gasteiger partial charge on any atom is 0.264 e. The van der Waals surface area contributed by atoms with Gasteiger partial charge in [0, 0.05) is 31.5 Å². The Balaban J connectivity index is 1.73. The summed E-state index contributed by atoms with van der Waals surface area (Å²) in [6.07, 6.45) is 3.59. The summed E-state index contributed by atoms with van der Waals surface area (Å²) in [5.74, 6) is -0.365. The van der Waals surface area contributed by atoms with Gasteiger partial charge in [-0.25, -0.2) is 8.42 Å². The SMILES string of the molecule is CON(C)S(=O)(=O)c1cccc(C(=O)NCc2ccccc2Cn2cccn2)c1. The van der Waals surface area contributed by atoms with Crippen molar-refractivity contribution >= 4 is 15.9 Å². The summed E-state index contributed by atoms with van der Waals surface area (Å²) in [6.45, 7) is 0.904. The topological polar surface area (TPSA) is 93.5 Å². The molecule has 3 aromatic rings. The quantitative estimate of drug-likeness (QED) is 0.570. The molecule has 0 radical (unpaired) electrons. The van der Waals surface area contributed by atoms with Crippen molar-refractivity contribution < 1.29 is 18.0 Å². The van der Waals surface area contributed by atoms with Gasteiger partial charge < -0.3 is 5.32 Å². The number of sulfonamides is 1. The highest BCUT2D eigenvalue weighted by molar-refractivity contribution is 7.89. The molecule has 8 nitrogen and oxygen atoms in total. The van der Waals surface area contributed by atoms with E-state index in [0.29, 0.717) is 13.1 Å². The molecule has 1 heterocycles. The lowest BCUT2D eigenvalue weighted by Gasteiger charge is -2.15. The molecule has 0 fully saturated rings. The minimum Gasteiger partial charge on any atom is -0.348 e. The van der Waals surface area contributed by atoms with Crippen molar-refractivity contribution in [2.75, 3.05) is 14.2 Å². The number of hydrogen-bond acceptors (Lipinski definition) is 5. The summed E-state index contributed by atoms with van der Waals surface area (Å²) in [7, 11) is -1.28. The van der Waals surface area contributed by atoms with E-state index in [2.05, 4.69) is 10.4 Å². The van der Waals surface area contributed by atoms with Gasteiger partial charge in [-0.3, -0.25) is 14.3 Å². The van der Waals surface area contributed by atoms with E-state index in [9.17, 15) is 13.2 Å². The van der Waals surface area contributed by atoms with Crippen LogP contribution in [-0.2, 0) is 28.0 Å². The molecular weight excluding hydrogens is 392 g/mol. The molecule has 0 spiro atoms. The lowest BCUT2D eigenvalue weighted by Crippen LogP contribution is -2.27. The van der Waals surface area contributed by atoms with Crippen molar-refractivity contribution in [1.29, 1.82) is 0 Å². The standard InChI is InChI=1S/C20H22N4O4S/c1-23(28-2)29(26,27)19-10-5-9-16(13-19)20(25)21-14-17-7-3-4-8-18(17)15-24-12-6-11-22-24/h3-13H,14-15H2,1-2H3,(H,21,25). The normalized spacial score (nSPS) is 11.6. The van der Waals surface area contributed by atoms with Crippen LogP contribution in [0.5, 0.6) is 0 Å². The van der Waals surface area contributed by atoms with E-state index in [1.165, 1.54) is 32.4 Å². The predicted octanol–water partition coefficient (Wildman–Crippen LogP) is 2.04. The number of amides is 1. The fourth-order valence-electron chi connectivity index (χ4n) is 2.77. The first-order valence-electron chi connectivity index (χ1n) is 8.87.